The van der Waals surface area contributed by atoms with E-state index < -0.39 is 29.3 Å². The van der Waals surface area contributed by atoms with Crippen molar-refractivity contribution >= 4 is 29.3 Å². The number of hydrogen-bond donors (Lipinski definition) is 0. The first-order valence-electron chi connectivity index (χ1n) is 3.93. The fraction of sp³-hybridized carbons (Fsp3) is 1.00. The van der Waals surface area contributed by atoms with Gasteiger partial charge in [-0.25, -0.2) is 0 Å². The molecule has 0 bridgehead atoms. The summed E-state index contributed by atoms with van der Waals surface area (Å²) in [5.74, 6) is 0. The second-order valence-corrected chi connectivity index (χ2v) is 14.4. The van der Waals surface area contributed by atoms with Crippen molar-refractivity contribution in [3.05, 3.63) is 0 Å². The Morgan fingerprint density at radius 2 is 1.09 bits per heavy atom. The summed E-state index contributed by atoms with van der Waals surface area (Å²) in [6, 6.07) is 0. The average Bonchev–Trinajstić information content (AvgIpc) is 1.87. The Hall–Kier alpha value is 1.08. The molecule has 0 aliphatic heterocycles. The molecule has 0 aromatic carbocycles. The van der Waals surface area contributed by atoms with Gasteiger partial charge in [-0.1, -0.05) is 0 Å². The van der Waals surface area contributed by atoms with E-state index in [4.69, 9.17) is 4.74 Å². The average molecular weight is 282 g/mol. The van der Waals surface area contributed by atoms with E-state index in [1.165, 1.54) is 0 Å². The molecular formula is C8H20As2O. The van der Waals surface area contributed by atoms with Crippen molar-refractivity contribution in [2.24, 2.45) is 0 Å². The second kappa shape index (κ2) is 5.68. The van der Waals surface area contributed by atoms with Crippen LogP contribution in [-0.4, -0.2) is 39.1 Å². The molecule has 0 radical (unpaired) electrons. The third kappa shape index (κ3) is 5.34. The zero-order chi connectivity index (χ0) is 9.02. The van der Waals surface area contributed by atoms with Crippen molar-refractivity contribution in [1.29, 1.82) is 0 Å². The van der Waals surface area contributed by atoms with E-state index in [1.807, 2.05) is 0 Å². The zero-order valence-electron chi connectivity index (χ0n) is 8.46. The van der Waals surface area contributed by atoms with Crippen LogP contribution in [0, 0.1) is 0 Å². The van der Waals surface area contributed by atoms with E-state index in [-0.39, 0.29) is 0 Å². The molecule has 0 aromatic heterocycles. The normalized spacial score (nSPS) is 17.5. The Bertz CT molecular complexity index is 92.3. The van der Waals surface area contributed by atoms with Crippen LogP contribution >= 0.6 is 0 Å². The molecule has 3 heteroatoms. The second-order valence-electron chi connectivity index (χ2n) is 3.26. The number of ether oxygens (including phenoxy) is 1. The van der Waals surface area contributed by atoms with Gasteiger partial charge in [-0.3, -0.25) is 0 Å². The van der Waals surface area contributed by atoms with Crippen LogP contribution in [0.2, 0.25) is 22.8 Å². The molecular weight excluding hydrogens is 262 g/mol. The molecule has 0 N–H and O–H groups in total. The number of rotatable bonds is 4. The fourth-order valence-electron chi connectivity index (χ4n) is 0.528. The SMILES string of the molecule is CC(OC(C)[As](C)C)[As](C)C. The van der Waals surface area contributed by atoms with E-state index in [0.29, 0.717) is 9.78 Å². The molecule has 1 nitrogen and oxygen atoms in total. The van der Waals surface area contributed by atoms with Crippen molar-refractivity contribution < 1.29 is 4.74 Å². The molecule has 0 heterocycles. The summed E-state index contributed by atoms with van der Waals surface area (Å²) in [6.07, 6.45) is 0. The Morgan fingerprint density at radius 3 is 1.27 bits per heavy atom. The first-order valence-corrected chi connectivity index (χ1v) is 13.6. The van der Waals surface area contributed by atoms with Crippen LogP contribution in [0.25, 0.3) is 0 Å². The maximum atomic E-state index is 5.90. The van der Waals surface area contributed by atoms with E-state index in [2.05, 4.69) is 36.7 Å². The van der Waals surface area contributed by atoms with E-state index in [1.54, 1.807) is 0 Å². The van der Waals surface area contributed by atoms with E-state index in [9.17, 15) is 0 Å². The monoisotopic (exact) mass is 282 g/mol. The fourth-order valence-corrected chi connectivity index (χ4v) is 2.77. The first kappa shape index (κ1) is 12.1. The summed E-state index contributed by atoms with van der Waals surface area (Å²) in [7, 11) is 0. The van der Waals surface area contributed by atoms with Crippen LogP contribution in [0.1, 0.15) is 13.8 Å². The third-order valence-corrected chi connectivity index (χ3v) is 8.46. The van der Waals surface area contributed by atoms with Crippen molar-refractivity contribution in [2.45, 2.75) is 46.5 Å². The van der Waals surface area contributed by atoms with Crippen molar-refractivity contribution in [1.82, 2.24) is 0 Å². The van der Waals surface area contributed by atoms with Gasteiger partial charge in [0.1, 0.15) is 0 Å². The van der Waals surface area contributed by atoms with Crippen LogP contribution in [0.5, 0.6) is 0 Å². The topological polar surface area (TPSA) is 9.23 Å². The van der Waals surface area contributed by atoms with Crippen LogP contribution in [0.3, 0.4) is 0 Å². The van der Waals surface area contributed by atoms with Gasteiger partial charge in [-0.15, -0.1) is 0 Å². The van der Waals surface area contributed by atoms with E-state index in [0.717, 1.165) is 0 Å². The summed E-state index contributed by atoms with van der Waals surface area (Å²) >= 11 is -1.24. The molecule has 0 amide bonds. The predicted molar refractivity (Wildman–Crippen MR) is 55.0 cm³/mol. The molecule has 11 heavy (non-hydrogen) atoms. The molecule has 2 atom stereocenters. The van der Waals surface area contributed by atoms with Gasteiger partial charge in [0.15, 0.2) is 0 Å². The molecule has 68 valence electrons. The van der Waals surface area contributed by atoms with Crippen LogP contribution in [-0.2, 0) is 4.74 Å². The maximum absolute atomic E-state index is 5.90. The molecule has 0 aliphatic carbocycles. The van der Waals surface area contributed by atoms with Gasteiger partial charge < -0.3 is 0 Å². The molecule has 0 rings (SSSR count). The Labute approximate surface area is 80.4 Å². The van der Waals surface area contributed by atoms with Gasteiger partial charge in [-0.05, 0) is 0 Å². The molecule has 0 aliphatic rings. The minimum absolute atomic E-state index is 0.564. The quantitative estimate of drug-likeness (QED) is 0.719. The van der Waals surface area contributed by atoms with Gasteiger partial charge >= 0.3 is 80.5 Å². The molecule has 0 saturated carbocycles. The molecule has 0 aromatic rings. The third-order valence-electron chi connectivity index (χ3n) is 1.85. The standard InChI is InChI=1S/C8H20As2O/c1-7(9(3)4)11-8(2)10(5)6/h7-8H,1-6H3. The zero-order valence-corrected chi connectivity index (χ0v) is 12.2. The van der Waals surface area contributed by atoms with Crippen LogP contribution in [0.15, 0.2) is 0 Å². The van der Waals surface area contributed by atoms with Crippen molar-refractivity contribution in [3.63, 3.8) is 0 Å². The van der Waals surface area contributed by atoms with Gasteiger partial charge in [0, 0.05) is 0 Å². The molecule has 0 saturated heterocycles. The Balaban J connectivity index is 3.66. The van der Waals surface area contributed by atoms with Crippen LogP contribution in [0.4, 0.5) is 0 Å². The predicted octanol–water partition coefficient (Wildman–Crippen LogP) is 2.37. The summed E-state index contributed by atoms with van der Waals surface area (Å²) < 4.78 is 5.90. The summed E-state index contributed by atoms with van der Waals surface area (Å²) in [5, 5.41) is 0. The van der Waals surface area contributed by atoms with Gasteiger partial charge in [-0.2, -0.15) is 0 Å². The van der Waals surface area contributed by atoms with Crippen molar-refractivity contribution in [2.75, 3.05) is 0 Å². The first-order chi connectivity index (χ1) is 4.95. The molecule has 0 fully saturated rings. The van der Waals surface area contributed by atoms with Crippen LogP contribution < -0.4 is 0 Å². The summed E-state index contributed by atoms with van der Waals surface area (Å²) in [5.41, 5.74) is 9.42. The molecule has 2 unspecified atom stereocenters. The Morgan fingerprint density at radius 1 is 0.818 bits per heavy atom. The molecule has 0 spiro atoms. The van der Waals surface area contributed by atoms with Gasteiger partial charge in [0.05, 0.1) is 0 Å². The van der Waals surface area contributed by atoms with Gasteiger partial charge in [0.2, 0.25) is 0 Å². The summed E-state index contributed by atoms with van der Waals surface area (Å²) in [6.45, 7) is 4.46. The minimum atomic E-state index is -0.621. The van der Waals surface area contributed by atoms with Gasteiger partial charge in [0.25, 0.3) is 0 Å². The van der Waals surface area contributed by atoms with E-state index >= 15 is 0 Å². The summed E-state index contributed by atoms with van der Waals surface area (Å²) in [4.78, 5) is 1.13. The Kier molecular flexibility index (Phi) is 6.23. The van der Waals surface area contributed by atoms with Crippen molar-refractivity contribution in [3.8, 4) is 0 Å². The number of hydrogen-bond acceptors (Lipinski definition) is 1.